The summed E-state index contributed by atoms with van der Waals surface area (Å²) in [6, 6.07) is 10.0. The highest BCUT2D eigenvalue weighted by atomic mass is 16.4. The van der Waals surface area contributed by atoms with Crippen molar-refractivity contribution in [3.63, 3.8) is 0 Å². The van der Waals surface area contributed by atoms with Gasteiger partial charge in [-0.3, -0.25) is 14.2 Å². The second kappa shape index (κ2) is 9.47. The second-order valence-electron chi connectivity index (χ2n) is 9.02. The molecule has 3 aromatic heterocycles. The van der Waals surface area contributed by atoms with E-state index in [2.05, 4.69) is 21.4 Å². The highest BCUT2D eigenvalue weighted by molar-refractivity contribution is 5.78. The summed E-state index contributed by atoms with van der Waals surface area (Å²) in [7, 11) is 0. The molecule has 5 heterocycles. The Hall–Kier alpha value is -3.76. The molecule has 10 nitrogen and oxygen atoms in total. The Balaban J connectivity index is 0.000000591. The Morgan fingerprint density at radius 1 is 1.20 bits per heavy atom. The second-order valence-corrected chi connectivity index (χ2v) is 9.02. The molecule has 1 saturated heterocycles. The van der Waals surface area contributed by atoms with Crippen molar-refractivity contribution < 1.29 is 15.0 Å². The van der Waals surface area contributed by atoms with Gasteiger partial charge in [-0.05, 0) is 49.2 Å². The predicted octanol–water partition coefficient (Wildman–Crippen LogP) is 1.84. The maximum absolute atomic E-state index is 13.5. The van der Waals surface area contributed by atoms with E-state index >= 15 is 0 Å². The van der Waals surface area contributed by atoms with Crippen molar-refractivity contribution in [2.24, 2.45) is 5.92 Å². The third-order valence-corrected chi connectivity index (χ3v) is 6.61. The van der Waals surface area contributed by atoms with Crippen LogP contribution in [0.15, 0.2) is 53.8 Å². The molecule has 0 radical (unpaired) electrons. The lowest BCUT2D eigenvalue weighted by Crippen LogP contribution is -2.45. The summed E-state index contributed by atoms with van der Waals surface area (Å²) in [6.07, 6.45) is 6.50. The normalized spacial score (nSPS) is 18.6. The molecule has 0 saturated carbocycles. The third kappa shape index (κ3) is 4.38. The van der Waals surface area contributed by atoms with Crippen molar-refractivity contribution in [1.82, 2.24) is 29.0 Å². The molecule has 4 aromatic rings. The fourth-order valence-corrected chi connectivity index (χ4v) is 5.16. The zero-order valence-electron chi connectivity index (χ0n) is 19.5. The number of aliphatic hydroxyl groups excluding tert-OH is 1. The molecule has 0 unspecified atom stereocenters. The van der Waals surface area contributed by atoms with Crippen LogP contribution >= 0.6 is 0 Å². The number of fused-ring (bicyclic) bond motifs is 5. The molecule has 1 aromatic carbocycles. The third-order valence-electron chi connectivity index (χ3n) is 6.61. The lowest BCUT2D eigenvalue weighted by molar-refractivity contribution is -0.134. The summed E-state index contributed by atoms with van der Waals surface area (Å²) < 4.78 is 5.84. The SMILES string of the molecule is CC(=O)O.O=c1c(-c2nccn2-c2ccc3c(c2)ncn3CCO)ccc2n1C[C@@H]1CNC[C@H]2C1. The van der Waals surface area contributed by atoms with Crippen molar-refractivity contribution in [3.05, 3.63) is 65.1 Å². The van der Waals surface area contributed by atoms with Crippen LogP contribution in [0.25, 0.3) is 28.1 Å². The molecule has 10 heteroatoms. The maximum Gasteiger partial charge on any atom is 0.300 e. The van der Waals surface area contributed by atoms with E-state index in [0.29, 0.717) is 29.8 Å². The number of pyridine rings is 1. The van der Waals surface area contributed by atoms with Gasteiger partial charge in [0.05, 0.1) is 29.5 Å². The van der Waals surface area contributed by atoms with Crippen molar-refractivity contribution in [2.75, 3.05) is 19.7 Å². The number of carbonyl (C=O) groups is 1. The number of rotatable bonds is 4. The number of hydrogen-bond acceptors (Lipinski definition) is 6. The first-order chi connectivity index (χ1) is 17.0. The average Bonchev–Trinajstić information content (AvgIpc) is 3.47. The van der Waals surface area contributed by atoms with Crippen LogP contribution in [0.4, 0.5) is 0 Å². The van der Waals surface area contributed by atoms with Crippen LogP contribution in [-0.2, 0) is 17.9 Å². The van der Waals surface area contributed by atoms with Gasteiger partial charge in [-0.1, -0.05) is 0 Å². The quantitative estimate of drug-likeness (QED) is 0.410. The van der Waals surface area contributed by atoms with E-state index in [1.807, 2.05) is 44.2 Å². The Morgan fingerprint density at radius 3 is 2.83 bits per heavy atom. The van der Waals surface area contributed by atoms with Crippen LogP contribution in [0.3, 0.4) is 0 Å². The van der Waals surface area contributed by atoms with Gasteiger partial charge in [-0.25, -0.2) is 9.97 Å². The molecule has 2 bridgehead atoms. The fourth-order valence-electron chi connectivity index (χ4n) is 5.16. The van der Waals surface area contributed by atoms with Gasteiger partial charge in [-0.15, -0.1) is 0 Å². The number of nitrogens with one attached hydrogen (secondary N) is 1. The number of benzene rings is 1. The van der Waals surface area contributed by atoms with Gasteiger partial charge < -0.3 is 24.7 Å². The van der Waals surface area contributed by atoms with Crippen molar-refractivity contribution in [1.29, 1.82) is 0 Å². The largest absolute Gasteiger partial charge is 0.481 e. The molecule has 182 valence electrons. The first-order valence-electron chi connectivity index (χ1n) is 11.7. The topological polar surface area (TPSA) is 127 Å². The molecule has 35 heavy (non-hydrogen) atoms. The standard InChI is InChI=1S/C23H24N6O2.C2H4O2/c30-8-7-27-14-26-19-10-17(1-3-21(19)27)28-6-5-25-22(28)18-2-4-20-16-9-15(11-24-12-16)13-29(20)23(18)31;1-2(3)4/h1-6,10,14-16,24,30H,7-9,11-13H2;1H3,(H,3,4)/t15-,16+;/m0./s1. The fraction of sp³-hybridized carbons (Fsp3) is 0.360. The number of nitrogens with zero attached hydrogens (tertiary/aromatic N) is 5. The molecule has 2 atom stereocenters. The van der Waals surface area contributed by atoms with Crippen LogP contribution in [0.1, 0.15) is 25.0 Å². The van der Waals surface area contributed by atoms with Crippen LogP contribution < -0.4 is 10.9 Å². The summed E-state index contributed by atoms with van der Waals surface area (Å²) in [6.45, 7) is 4.34. The van der Waals surface area contributed by atoms with E-state index in [1.165, 1.54) is 0 Å². The van der Waals surface area contributed by atoms with Crippen molar-refractivity contribution in [3.8, 4) is 17.1 Å². The molecule has 6 rings (SSSR count). The Kier molecular flexibility index (Phi) is 6.23. The van der Waals surface area contributed by atoms with E-state index in [4.69, 9.17) is 9.90 Å². The molecule has 3 N–H and O–H groups in total. The molecule has 0 spiro atoms. The number of hydrogen-bond donors (Lipinski definition) is 3. The number of piperidine rings is 1. The van der Waals surface area contributed by atoms with Crippen LogP contribution in [0.2, 0.25) is 0 Å². The lowest BCUT2D eigenvalue weighted by atomic mass is 9.84. The van der Waals surface area contributed by atoms with E-state index < -0.39 is 5.97 Å². The first kappa shape index (κ1) is 23.0. The highest BCUT2D eigenvalue weighted by Gasteiger charge is 2.31. The van der Waals surface area contributed by atoms with Gasteiger partial charge in [-0.2, -0.15) is 0 Å². The minimum Gasteiger partial charge on any atom is -0.481 e. The van der Waals surface area contributed by atoms with E-state index in [1.54, 1.807) is 12.5 Å². The van der Waals surface area contributed by atoms with Gasteiger partial charge in [0.25, 0.3) is 11.5 Å². The van der Waals surface area contributed by atoms with Crippen LogP contribution in [-0.4, -0.2) is 59.5 Å². The zero-order valence-corrected chi connectivity index (χ0v) is 19.5. The van der Waals surface area contributed by atoms with Crippen molar-refractivity contribution >= 4 is 17.0 Å². The number of aliphatic carboxylic acids is 1. The average molecular weight is 477 g/mol. The molecule has 2 aliphatic heterocycles. The van der Waals surface area contributed by atoms with Gasteiger partial charge >= 0.3 is 0 Å². The molecule has 0 aliphatic carbocycles. The summed E-state index contributed by atoms with van der Waals surface area (Å²) in [4.78, 5) is 31.5. The number of carboxylic acid groups (broad SMARTS) is 1. The smallest absolute Gasteiger partial charge is 0.300 e. The molecular formula is C25H28N6O4. The Labute approximate surface area is 201 Å². The van der Waals surface area contributed by atoms with E-state index in [-0.39, 0.29) is 12.2 Å². The lowest BCUT2D eigenvalue weighted by Gasteiger charge is -2.37. The number of aromatic nitrogens is 5. The summed E-state index contributed by atoms with van der Waals surface area (Å²) in [5.74, 6) is 0.726. The van der Waals surface area contributed by atoms with Crippen LogP contribution in [0, 0.1) is 5.92 Å². The minimum absolute atomic E-state index is 0.0369. The predicted molar refractivity (Wildman–Crippen MR) is 131 cm³/mol. The first-order valence-corrected chi connectivity index (χ1v) is 11.7. The number of imidazole rings is 2. The number of carboxylic acids is 1. The van der Waals surface area contributed by atoms with E-state index in [0.717, 1.165) is 55.4 Å². The van der Waals surface area contributed by atoms with Crippen LogP contribution in [0.5, 0.6) is 0 Å². The molecule has 1 fully saturated rings. The Bertz CT molecular complexity index is 1430. The zero-order chi connectivity index (χ0) is 24.5. The molecular weight excluding hydrogens is 448 g/mol. The number of aliphatic hydroxyl groups is 1. The molecule has 0 amide bonds. The summed E-state index contributed by atoms with van der Waals surface area (Å²) in [5.41, 5.74) is 4.49. The summed E-state index contributed by atoms with van der Waals surface area (Å²) >= 11 is 0. The van der Waals surface area contributed by atoms with Gasteiger partial charge in [0.15, 0.2) is 0 Å². The highest BCUT2D eigenvalue weighted by Crippen LogP contribution is 2.33. The van der Waals surface area contributed by atoms with Gasteiger partial charge in [0.1, 0.15) is 5.82 Å². The van der Waals surface area contributed by atoms with Gasteiger partial charge in [0, 0.05) is 56.3 Å². The van der Waals surface area contributed by atoms with Gasteiger partial charge in [0.2, 0.25) is 0 Å². The summed E-state index contributed by atoms with van der Waals surface area (Å²) in [5, 5.41) is 20.1. The maximum atomic E-state index is 13.5. The Morgan fingerprint density at radius 2 is 2.03 bits per heavy atom. The molecule has 2 aliphatic rings. The van der Waals surface area contributed by atoms with Crippen molar-refractivity contribution in [2.45, 2.75) is 32.4 Å². The van der Waals surface area contributed by atoms with E-state index in [9.17, 15) is 9.90 Å². The minimum atomic E-state index is -0.833. The monoisotopic (exact) mass is 476 g/mol.